The maximum Gasteiger partial charge on any atom is 0.226 e. The highest BCUT2D eigenvalue weighted by Gasteiger charge is 2.38. The molecule has 1 aliphatic heterocycles. The molecule has 1 aromatic heterocycles. The van der Waals surface area contributed by atoms with Gasteiger partial charge in [-0.2, -0.15) is 0 Å². The van der Waals surface area contributed by atoms with Gasteiger partial charge in [0.2, 0.25) is 5.91 Å². The molecule has 124 valence electrons. The summed E-state index contributed by atoms with van der Waals surface area (Å²) in [6, 6.07) is 9.76. The Labute approximate surface area is 142 Å². The number of aliphatic hydroxyl groups is 1. The van der Waals surface area contributed by atoms with Crippen LogP contribution in [-0.4, -0.2) is 38.6 Å². The molecule has 1 aliphatic rings. The number of benzene rings is 1. The molecule has 1 amide bonds. The quantitative estimate of drug-likeness (QED) is 0.932. The molecule has 23 heavy (non-hydrogen) atoms. The topological polar surface area (TPSA) is 58.4 Å². The number of nitrogens with zero attached hydrogens (tertiary/aromatic N) is 3. The molecular formula is C17H22ClN3O2. The van der Waals surface area contributed by atoms with Gasteiger partial charge in [0.05, 0.1) is 6.42 Å². The van der Waals surface area contributed by atoms with E-state index in [-0.39, 0.29) is 18.3 Å². The number of imidazole rings is 1. The summed E-state index contributed by atoms with van der Waals surface area (Å²) in [7, 11) is 1.88. The Morgan fingerprint density at radius 3 is 2.48 bits per heavy atom. The largest absolute Gasteiger partial charge is 0.382 e. The number of aromatic nitrogens is 2. The number of carbonyl (C=O) groups excluding carboxylic acids is 1. The normalized spacial score (nSPS) is 16.7. The Kier molecular flexibility index (Phi) is 5.44. The minimum atomic E-state index is -0.929. The smallest absolute Gasteiger partial charge is 0.226 e. The molecule has 0 spiro atoms. The number of hydrogen-bond donors (Lipinski definition) is 1. The summed E-state index contributed by atoms with van der Waals surface area (Å²) in [4.78, 5) is 18.5. The van der Waals surface area contributed by atoms with Crippen molar-refractivity contribution in [3.63, 3.8) is 0 Å². The summed E-state index contributed by atoms with van der Waals surface area (Å²) in [5, 5.41) is 10.8. The zero-order valence-electron chi connectivity index (χ0n) is 13.2. The molecule has 2 heterocycles. The van der Waals surface area contributed by atoms with E-state index in [0.717, 1.165) is 5.56 Å². The molecule has 5 nitrogen and oxygen atoms in total. The lowest BCUT2D eigenvalue weighted by molar-refractivity contribution is -0.135. The third-order valence-electron chi connectivity index (χ3n) is 4.38. The van der Waals surface area contributed by atoms with Gasteiger partial charge in [-0.25, -0.2) is 4.98 Å². The van der Waals surface area contributed by atoms with Crippen LogP contribution in [0.4, 0.5) is 0 Å². The van der Waals surface area contributed by atoms with Gasteiger partial charge in [0.25, 0.3) is 0 Å². The van der Waals surface area contributed by atoms with Crippen LogP contribution in [0.3, 0.4) is 0 Å². The van der Waals surface area contributed by atoms with Gasteiger partial charge in [-0.3, -0.25) is 4.79 Å². The van der Waals surface area contributed by atoms with Crippen molar-refractivity contribution < 1.29 is 9.90 Å². The van der Waals surface area contributed by atoms with Crippen LogP contribution >= 0.6 is 12.4 Å². The van der Waals surface area contributed by atoms with Crippen LogP contribution in [0.2, 0.25) is 0 Å². The first-order valence-electron chi connectivity index (χ1n) is 7.60. The molecule has 3 rings (SSSR count). The number of aryl methyl sites for hydroxylation is 1. The number of carbonyl (C=O) groups is 1. The molecule has 1 aromatic carbocycles. The van der Waals surface area contributed by atoms with Crippen LogP contribution in [0, 0.1) is 0 Å². The summed E-state index contributed by atoms with van der Waals surface area (Å²) >= 11 is 0. The Hall–Kier alpha value is -1.85. The predicted molar refractivity (Wildman–Crippen MR) is 90.3 cm³/mol. The average molecular weight is 336 g/mol. The van der Waals surface area contributed by atoms with Gasteiger partial charge in [0.1, 0.15) is 11.4 Å². The van der Waals surface area contributed by atoms with Crippen LogP contribution in [0.1, 0.15) is 24.2 Å². The molecule has 0 atom stereocenters. The van der Waals surface area contributed by atoms with Gasteiger partial charge < -0.3 is 14.6 Å². The number of amides is 1. The Morgan fingerprint density at radius 1 is 1.26 bits per heavy atom. The Balaban J connectivity index is 0.00000192. The van der Waals surface area contributed by atoms with Gasteiger partial charge in [0, 0.05) is 45.4 Å². The van der Waals surface area contributed by atoms with E-state index in [2.05, 4.69) is 4.98 Å². The van der Waals surface area contributed by atoms with E-state index < -0.39 is 5.60 Å². The van der Waals surface area contributed by atoms with Crippen molar-refractivity contribution in [3.05, 3.63) is 54.1 Å². The maximum absolute atomic E-state index is 12.4. The molecule has 0 aliphatic carbocycles. The zero-order chi connectivity index (χ0) is 15.6. The second-order valence-corrected chi connectivity index (χ2v) is 5.94. The van der Waals surface area contributed by atoms with Crippen LogP contribution in [0.15, 0.2) is 42.7 Å². The molecule has 1 fully saturated rings. The summed E-state index contributed by atoms with van der Waals surface area (Å²) in [5.74, 6) is 0.802. The number of piperidine rings is 1. The van der Waals surface area contributed by atoms with Gasteiger partial charge in [-0.15, -0.1) is 12.4 Å². The van der Waals surface area contributed by atoms with Gasteiger partial charge in [-0.05, 0) is 5.56 Å². The second-order valence-electron chi connectivity index (χ2n) is 5.94. The highest BCUT2D eigenvalue weighted by Crippen LogP contribution is 2.31. The summed E-state index contributed by atoms with van der Waals surface area (Å²) in [6.45, 7) is 1.13. The van der Waals surface area contributed by atoms with Crippen LogP contribution in [0.25, 0.3) is 0 Å². The van der Waals surface area contributed by atoms with Crippen molar-refractivity contribution in [2.24, 2.45) is 7.05 Å². The molecular weight excluding hydrogens is 314 g/mol. The Morgan fingerprint density at radius 2 is 1.91 bits per heavy atom. The first kappa shape index (κ1) is 17.5. The zero-order valence-corrected chi connectivity index (χ0v) is 14.0. The summed E-state index contributed by atoms with van der Waals surface area (Å²) < 4.78 is 1.85. The van der Waals surface area contributed by atoms with E-state index in [1.807, 2.05) is 53.0 Å². The fourth-order valence-electron chi connectivity index (χ4n) is 3.05. The van der Waals surface area contributed by atoms with Gasteiger partial charge in [-0.1, -0.05) is 30.3 Å². The monoisotopic (exact) mass is 335 g/mol. The van der Waals surface area contributed by atoms with E-state index in [4.69, 9.17) is 0 Å². The van der Waals surface area contributed by atoms with E-state index in [9.17, 15) is 9.90 Å². The SMILES string of the molecule is Cl.Cn1ccnc1C1(O)CCN(C(=O)Cc2ccccc2)CC1. The second kappa shape index (κ2) is 7.15. The molecule has 0 bridgehead atoms. The molecule has 0 radical (unpaired) electrons. The van der Waals surface area contributed by atoms with E-state index >= 15 is 0 Å². The average Bonchev–Trinajstić information content (AvgIpc) is 2.96. The minimum absolute atomic E-state index is 0. The fraction of sp³-hybridized carbons (Fsp3) is 0.412. The van der Waals surface area contributed by atoms with Crippen molar-refractivity contribution >= 4 is 18.3 Å². The maximum atomic E-state index is 12.4. The number of hydrogen-bond acceptors (Lipinski definition) is 3. The molecule has 1 N–H and O–H groups in total. The van der Waals surface area contributed by atoms with E-state index in [1.165, 1.54) is 0 Å². The van der Waals surface area contributed by atoms with Crippen molar-refractivity contribution in [2.75, 3.05) is 13.1 Å². The third kappa shape index (κ3) is 3.74. The van der Waals surface area contributed by atoms with Crippen molar-refractivity contribution in [2.45, 2.75) is 24.9 Å². The summed E-state index contributed by atoms with van der Waals surface area (Å²) in [6.07, 6.45) is 5.00. The number of likely N-dealkylation sites (tertiary alicyclic amines) is 1. The lowest BCUT2D eigenvalue weighted by atomic mass is 9.90. The van der Waals surface area contributed by atoms with Crippen LogP contribution < -0.4 is 0 Å². The molecule has 6 heteroatoms. The van der Waals surface area contributed by atoms with E-state index in [0.29, 0.717) is 38.2 Å². The van der Waals surface area contributed by atoms with Crippen molar-refractivity contribution in [3.8, 4) is 0 Å². The standard InChI is InChI=1S/C17H21N3O2.ClH/c1-19-12-9-18-16(19)17(22)7-10-20(11-8-17)15(21)13-14-5-3-2-4-6-14;/h2-6,9,12,22H,7-8,10-11,13H2,1H3;1H. The first-order valence-corrected chi connectivity index (χ1v) is 7.60. The first-order chi connectivity index (χ1) is 10.6. The highest BCUT2D eigenvalue weighted by atomic mass is 35.5. The van der Waals surface area contributed by atoms with Crippen molar-refractivity contribution in [1.29, 1.82) is 0 Å². The number of rotatable bonds is 3. The number of halogens is 1. The predicted octanol–water partition coefficient (Wildman–Crippen LogP) is 1.89. The van der Waals surface area contributed by atoms with E-state index in [1.54, 1.807) is 6.20 Å². The minimum Gasteiger partial charge on any atom is -0.382 e. The molecule has 2 aromatic rings. The third-order valence-corrected chi connectivity index (χ3v) is 4.38. The van der Waals surface area contributed by atoms with Crippen LogP contribution in [0.5, 0.6) is 0 Å². The van der Waals surface area contributed by atoms with Gasteiger partial charge >= 0.3 is 0 Å². The molecule has 0 saturated carbocycles. The highest BCUT2D eigenvalue weighted by molar-refractivity contribution is 5.85. The lowest BCUT2D eigenvalue weighted by Gasteiger charge is -2.37. The van der Waals surface area contributed by atoms with Crippen LogP contribution in [-0.2, 0) is 23.9 Å². The summed E-state index contributed by atoms with van der Waals surface area (Å²) in [5.41, 5.74) is 0.0966. The van der Waals surface area contributed by atoms with Gasteiger partial charge in [0.15, 0.2) is 0 Å². The fourth-order valence-corrected chi connectivity index (χ4v) is 3.05. The lowest BCUT2D eigenvalue weighted by Crippen LogP contribution is -2.46. The molecule has 0 unspecified atom stereocenters. The van der Waals surface area contributed by atoms with Crippen molar-refractivity contribution in [1.82, 2.24) is 14.5 Å². The Bertz CT molecular complexity index is 649. The molecule has 1 saturated heterocycles.